The number of rotatable bonds is 6. The first-order valence-corrected chi connectivity index (χ1v) is 9.28. The monoisotopic (exact) mass is 422 g/mol. The van der Waals surface area contributed by atoms with Crippen molar-refractivity contribution in [3.8, 4) is 0 Å². The highest BCUT2D eigenvalue weighted by Gasteiger charge is 2.29. The standard InChI is InChI=1S/C19H23BrN2O4/c1-3-17(23)22-9-7-13(8-10-22)19(25)21-16(12-18(24)26-2)14-5-4-6-15(20)11-14/h3-6,11,13,16H,1,7-10,12H2,2H3,(H,21,25). The minimum atomic E-state index is -0.458. The van der Waals surface area contributed by atoms with Crippen LogP contribution in [0.3, 0.4) is 0 Å². The number of carbonyl (C=O) groups excluding carboxylic acids is 3. The summed E-state index contributed by atoms with van der Waals surface area (Å²) in [7, 11) is 1.33. The van der Waals surface area contributed by atoms with Gasteiger partial charge in [-0.1, -0.05) is 34.6 Å². The summed E-state index contributed by atoms with van der Waals surface area (Å²) >= 11 is 3.41. The Morgan fingerprint density at radius 3 is 2.65 bits per heavy atom. The highest BCUT2D eigenvalue weighted by atomic mass is 79.9. The van der Waals surface area contributed by atoms with Gasteiger partial charge in [-0.3, -0.25) is 14.4 Å². The normalized spacial score (nSPS) is 15.8. The van der Waals surface area contributed by atoms with Crippen LogP contribution in [0, 0.1) is 5.92 Å². The van der Waals surface area contributed by atoms with E-state index in [0.717, 1.165) is 10.0 Å². The van der Waals surface area contributed by atoms with Crippen LogP contribution in [0.5, 0.6) is 0 Å². The first kappa shape index (κ1) is 20.2. The Labute approximate surface area is 161 Å². The SMILES string of the molecule is C=CC(=O)N1CCC(C(=O)NC(CC(=O)OC)c2cccc(Br)c2)CC1. The van der Waals surface area contributed by atoms with Crippen LogP contribution in [-0.4, -0.2) is 42.9 Å². The lowest BCUT2D eigenvalue weighted by Crippen LogP contribution is -2.43. The van der Waals surface area contributed by atoms with Crippen molar-refractivity contribution >= 4 is 33.7 Å². The van der Waals surface area contributed by atoms with E-state index in [9.17, 15) is 14.4 Å². The van der Waals surface area contributed by atoms with E-state index in [1.807, 2.05) is 24.3 Å². The van der Waals surface area contributed by atoms with Crippen molar-refractivity contribution < 1.29 is 19.1 Å². The summed E-state index contributed by atoms with van der Waals surface area (Å²) in [6, 6.07) is 7.02. The summed E-state index contributed by atoms with van der Waals surface area (Å²) < 4.78 is 5.63. The molecule has 6 nitrogen and oxygen atoms in total. The molecular formula is C19H23BrN2O4. The van der Waals surface area contributed by atoms with E-state index >= 15 is 0 Å². The molecule has 1 aromatic rings. The third-order valence-electron chi connectivity index (χ3n) is 4.52. The number of carbonyl (C=O) groups is 3. The van der Waals surface area contributed by atoms with Gasteiger partial charge in [0.1, 0.15) is 0 Å². The zero-order chi connectivity index (χ0) is 19.1. The maximum Gasteiger partial charge on any atom is 0.307 e. The average Bonchev–Trinajstić information content (AvgIpc) is 2.66. The van der Waals surface area contributed by atoms with Gasteiger partial charge in [-0.05, 0) is 36.6 Å². The third kappa shape index (κ3) is 5.42. The zero-order valence-electron chi connectivity index (χ0n) is 14.7. The molecule has 26 heavy (non-hydrogen) atoms. The number of ether oxygens (including phenoxy) is 1. The molecule has 0 saturated carbocycles. The van der Waals surface area contributed by atoms with E-state index in [1.165, 1.54) is 13.2 Å². The fourth-order valence-corrected chi connectivity index (χ4v) is 3.42. The molecule has 0 aliphatic carbocycles. The molecule has 1 aliphatic rings. The van der Waals surface area contributed by atoms with E-state index in [-0.39, 0.29) is 30.1 Å². The van der Waals surface area contributed by atoms with Crippen LogP contribution in [-0.2, 0) is 19.1 Å². The van der Waals surface area contributed by atoms with Crippen LogP contribution in [0.25, 0.3) is 0 Å². The molecule has 1 saturated heterocycles. The van der Waals surface area contributed by atoms with Crippen LogP contribution < -0.4 is 5.32 Å². The lowest BCUT2D eigenvalue weighted by molar-refractivity contribution is -0.141. The predicted molar refractivity (Wildman–Crippen MR) is 101 cm³/mol. The second-order valence-corrected chi connectivity index (χ2v) is 7.12. The number of likely N-dealkylation sites (tertiary alicyclic amines) is 1. The van der Waals surface area contributed by atoms with Crippen molar-refractivity contribution in [1.82, 2.24) is 10.2 Å². The van der Waals surface area contributed by atoms with Gasteiger partial charge in [0, 0.05) is 23.5 Å². The molecule has 1 fully saturated rings. The molecule has 1 atom stereocenters. The molecule has 140 valence electrons. The van der Waals surface area contributed by atoms with Gasteiger partial charge in [0.25, 0.3) is 0 Å². The van der Waals surface area contributed by atoms with Gasteiger partial charge in [-0.25, -0.2) is 0 Å². The summed E-state index contributed by atoms with van der Waals surface area (Å²) in [4.78, 5) is 37.8. The smallest absolute Gasteiger partial charge is 0.307 e. The van der Waals surface area contributed by atoms with Crippen molar-refractivity contribution in [2.24, 2.45) is 5.92 Å². The molecule has 0 spiro atoms. The van der Waals surface area contributed by atoms with Crippen LogP contribution in [0.4, 0.5) is 0 Å². The largest absolute Gasteiger partial charge is 0.469 e. The number of methoxy groups -OCH3 is 1. The third-order valence-corrected chi connectivity index (χ3v) is 5.01. The lowest BCUT2D eigenvalue weighted by Gasteiger charge is -2.31. The highest BCUT2D eigenvalue weighted by Crippen LogP contribution is 2.24. The summed E-state index contributed by atoms with van der Waals surface area (Å²) in [5.41, 5.74) is 0.831. The molecular weight excluding hydrogens is 400 g/mol. The van der Waals surface area contributed by atoms with E-state index < -0.39 is 6.04 Å². The maximum atomic E-state index is 12.7. The van der Waals surface area contributed by atoms with Crippen LogP contribution in [0.1, 0.15) is 30.9 Å². The maximum absolute atomic E-state index is 12.7. The van der Waals surface area contributed by atoms with Gasteiger partial charge >= 0.3 is 5.97 Å². The van der Waals surface area contributed by atoms with Gasteiger partial charge in [-0.2, -0.15) is 0 Å². The molecule has 2 rings (SSSR count). The highest BCUT2D eigenvalue weighted by molar-refractivity contribution is 9.10. The van der Waals surface area contributed by atoms with Gasteiger partial charge in [-0.15, -0.1) is 0 Å². The Balaban J connectivity index is 2.03. The number of hydrogen-bond donors (Lipinski definition) is 1. The Morgan fingerprint density at radius 2 is 2.08 bits per heavy atom. The fourth-order valence-electron chi connectivity index (χ4n) is 3.01. The Bertz CT molecular complexity index is 684. The number of amides is 2. The minimum absolute atomic E-state index is 0.0620. The number of hydrogen-bond acceptors (Lipinski definition) is 4. The van der Waals surface area contributed by atoms with E-state index in [2.05, 4.69) is 27.8 Å². The van der Waals surface area contributed by atoms with Gasteiger partial charge in [0.2, 0.25) is 11.8 Å². The predicted octanol–water partition coefficient (Wildman–Crippen LogP) is 2.59. The molecule has 0 radical (unpaired) electrons. The molecule has 1 N–H and O–H groups in total. The Morgan fingerprint density at radius 1 is 1.38 bits per heavy atom. The number of nitrogens with one attached hydrogen (secondary N) is 1. The van der Waals surface area contributed by atoms with Gasteiger partial charge in [0.15, 0.2) is 0 Å². The summed E-state index contributed by atoms with van der Waals surface area (Å²) in [5, 5.41) is 2.97. The summed E-state index contributed by atoms with van der Waals surface area (Å²) in [6.07, 6.45) is 2.54. The molecule has 0 aromatic heterocycles. The van der Waals surface area contributed by atoms with Crippen molar-refractivity contribution in [2.45, 2.75) is 25.3 Å². The van der Waals surface area contributed by atoms with Crippen molar-refractivity contribution in [3.05, 3.63) is 47.0 Å². The van der Waals surface area contributed by atoms with Crippen molar-refractivity contribution in [2.75, 3.05) is 20.2 Å². The zero-order valence-corrected chi connectivity index (χ0v) is 16.3. The Kier molecular flexibility index (Phi) is 7.38. The number of benzene rings is 1. The van der Waals surface area contributed by atoms with Crippen molar-refractivity contribution in [3.63, 3.8) is 0 Å². The number of piperidine rings is 1. The van der Waals surface area contributed by atoms with Gasteiger partial charge in [0.05, 0.1) is 19.6 Å². The molecule has 7 heteroatoms. The quantitative estimate of drug-likeness (QED) is 0.564. The summed E-state index contributed by atoms with van der Waals surface area (Å²) in [6.45, 7) is 4.55. The molecule has 1 heterocycles. The molecule has 1 aromatic carbocycles. The van der Waals surface area contributed by atoms with E-state index in [0.29, 0.717) is 25.9 Å². The fraction of sp³-hybridized carbons (Fsp3) is 0.421. The molecule has 1 unspecified atom stereocenters. The minimum Gasteiger partial charge on any atom is -0.469 e. The first-order valence-electron chi connectivity index (χ1n) is 8.48. The van der Waals surface area contributed by atoms with E-state index in [1.54, 1.807) is 4.90 Å². The van der Waals surface area contributed by atoms with Crippen LogP contribution in [0.15, 0.2) is 41.4 Å². The van der Waals surface area contributed by atoms with Crippen LogP contribution >= 0.6 is 15.9 Å². The Hall–Kier alpha value is -2.15. The second kappa shape index (κ2) is 9.52. The van der Waals surface area contributed by atoms with Crippen molar-refractivity contribution in [1.29, 1.82) is 0 Å². The number of esters is 1. The average molecular weight is 423 g/mol. The van der Waals surface area contributed by atoms with Gasteiger partial charge < -0.3 is 15.0 Å². The van der Waals surface area contributed by atoms with E-state index in [4.69, 9.17) is 4.74 Å². The second-order valence-electron chi connectivity index (χ2n) is 6.20. The number of nitrogens with zero attached hydrogens (tertiary/aromatic N) is 1. The molecule has 1 aliphatic heterocycles. The molecule has 2 amide bonds. The number of halogens is 1. The summed E-state index contributed by atoms with van der Waals surface area (Å²) in [5.74, 6) is -0.788. The topological polar surface area (TPSA) is 75.7 Å². The molecule has 0 bridgehead atoms. The first-order chi connectivity index (χ1) is 12.4. The lowest BCUT2D eigenvalue weighted by atomic mass is 9.94. The van der Waals surface area contributed by atoms with Crippen LogP contribution in [0.2, 0.25) is 0 Å².